The van der Waals surface area contributed by atoms with Gasteiger partial charge in [-0.2, -0.15) is 0 Å². The second-order valence-corrected chi connectivity index (χ2v) is 7.38. The third-order valence-corrected chi connectivity index (χ3v) is 4.84. The van der Waals surface area contributed by atoms with Crippen LogP contribution in [0.2, 0.25) is 5.02 Å². The molecule has 1 heterocycles. The highest BCUT2D eigenvalue weighted by Gasteiger charge is 2.38. The number of nitrogens with zero attached hydrogens (tertiary/aromatic N) is 1. The molecule has 1 saturated heterocycles. The first-order chi connectivity index (χ1) is 9.66. The molecule has 0 aliphatic carbocycles. The molecular weight excluding hydrogens is 286 g/mol. The summed E-state index contributed by atoms with van der Waals surface area (Å²) in [5, 5.41) is 10.7. The van der Waals surface area contributed by atoms with E-state index in [2.05, 4.69) is 25.7 Å². The normalized spacial score (nSPS) is 18.5. The summed E-state index contributed by atoms with van der Waals surface area (Å²) in [5.74, 6) is 1.21. The number of hydrogen-bond acceptors (Lipinski definition) is 3. The Balaban J connectivity index is 2.40. The highest BCUT2D eigenvalue weighted by molar-refractivity contribution is 6.31. The molecule has 1 aliphatic heterocycles. The van der Waals surface area contributed by atoms with Crippen molar-refractivity contribution in [3.05, 3.63) is 27.8 Å². The number of benzene rings is 1. The Morgan fingerprint density at radius 1 is 1.38 bits per heavy atom. The molecule has 0 bridgehead atoms. The number of methoxy groups -OCH3 is 1. The number of ether oxygens (including phenoxy) is 1. The maximum Gasteiger partial charge on any atom is 0.128 e. The molecule has 1 aromatic rings. The molecule has 1 fully saturated rings. The van der Waals surface area contributed by atoms with E-state index >= 15 is 0 Å². The zero-order chi connectivity index (χ0) is 15.9. The first kappa shape index (κ1) is 16.6. The van der Waals surface area contributed by atoms with Crippen LogP contribution in [-0.4, -0.2) is 35.7 Å². The van der Waals surface area contributed by atoms with Crippen LogP contribution >= 0.6 is 11.6 Å². The summed E-state index contributed by atoms with van der Waals surface area (Å²) >= 11 is 6.36. The van der Waals surface area contributed by atoms with E-state index in [9.17, 15) is 5.11 Å². The van der Waals surface area contributed by atoms with Gasteiger partial charge in [0.15, 0.2) is 0 Å². The van der Waals surface area contributed by atoms with Gasteiger partial charge >= 0.3 is 0 Å². The number of hydrogen-bond donors (Lipinski definition) is 1. The Hall–Kier alpha value is -0.770. The van der Waals surface area contributed by atoms with Crippen molar-refractivity contribution in [2.24, 2.45) is 0 Å². The van der Waals surface area contributed by atoms with Gasteiger partial charge in [0, 0.05) is 40.7 Å². The van der Waals surface area contributed by atoms with Gasteiger partial charge in [0.1, 0.15) is 5.75 Å². The molecule has 4 heteroatoms. The maximum absolute atomic E-state index is 9.98. The smallest absolute Gasteiger partial charge is 0.128 e. The average Bonchev–Trinajstić information content (AvgIpc) is 2.30. The highest BCUT2D eigenvalue weighted by Crippen LogP contribution is 2.44. The predicted molar refractivity (Wildman–Crippen MR) is 87.4 cm³/mol. The van der Waals surface area contributed by atoms with Crippen molar-refractivity contribution < 1.29 is 9.84 Å². The van der Waals surface area contributed by atoms with E-state index < -0.39 is 6.10 Å². The molecule has 118 valence electrons. The van der Waals surface area contributed by atoms with Crippen LogP contribution < -0.4 is 4.74 Å². The Labute approximate surface area is 132 Å². The summed E-state index contributed by atoms with van der Waals surface area (Å²) < 4.78 is 5.61. The zero-order valence-corrected chi connectivity index (χ0v) is 14.6. The summed E-state index contributed by atoms with van der Waals surface area (Å²) in [4.78, 5) is 2.44. The van der Waals surface area contributed by atoms with Crippen molar-refractivity contribution in [1.29, 1.82) is 0 Å². The van der Waals surface area contributed by atoms with Crippen molar-refractivity contribution >= 4 is 11.6 Å². The molecule has 21 heavy (non-hydrogen) atoms. The molecule has 0 amide bonds. The lowest BCUT2D eigenvalue weighted by Gasteiger charge is -2.48. The average molecular weight is 312 g/mol. The number of likely N-dealkylation sites (tertiary alicyclic amines) is 1. The Morgan fingerprint density at radius 2 is 1.95 bits per heavy atom. The second-order valence-electron chi connectivity index (χ2n) is 6.97. The molecule has 3 nitrogen and oxygen atoms in total. The van der Waals surface area contributed by atoms with Gasteiger partial charge in [-0.05, 0) is 46.2 Å². The summed E-state index contributed by atoms with van der Waals surface area (Å²) in [5.41, 5.74) is 3.18. The number of rotatable bonds is 3. The number of halogens is 1. The van der Waals surface area contributed by atoms with Crippen LogP contribution in [0.5, 0.6) is 5.75 Å². The minimum atomic E-state index is -0.587. The Bertz CT molecular complexity index is 529. The van der Waals surface area contributed by atoms with Crippen molar-refractivity contribution in [2.45, 2.75) is 52.2 Å². The fourth-order valence-electron chi connectivity index (χ4n) is 3.00. The minimum absolute atomic E-state index is 0.184. The van der Waals surface area contributed by atoms with Gasteiger partial charge < -0.3 is 9.84 Å². The molecule has 0 spiro atoms. The molecule has 1 atom stereocenters. The van der Waals surface area contributed by atoms with E-state index in [1.807, 2.05) is 13.0 Å². The topological polar surface area (TPSA) is 32.7 Å². The number of aliphatic hydroxyl groups excluding tert-OH is 1. The van der Waals surface area contributed by atoms with E-state index in [1.165, 1.54) is 0 Å². The summed E-state index contributed by atoms with van der Waals surface area (Å²) in [7, 11) is 1.66. The van der Waals surface area contributed by atoms with Crippen LogP contribution in [0.15, 0.2) is 6.07 Å². The SMILES string of the molecule is COc1c(C(C)O)cc(Cl)c(C)c1C1CN(C(C)(C)C)C1. The quantitative estimate of drug-likeness (QED) is 0.918. The maximum atomic E-state index is 9.98. The third kappa shape index (κ3) is 3.05. The lowest BCUT2D eigenvalue weighted by molar-refractivity contribution is 0.0458. The molecule has 1 N–H and O–H groups in total. The summed E-state index contributed by atoms with van der Waals surface area (Å²) in [6, 6.07) is 1.82. The largest absolute Gasteiger partial charge is 0.496 e. The van der Waals surface area contributed by atoms with Crippen LogP contribution in [-0.2, 0) is 0 Å². The van der Waals surface area contributed by atoms with Crippen LogP contribution in [0.4, 0.5) is 0 Å². The molecule has 0 aromatic heterocycles. The van der Waals surface area contributed by atoms with Gasteiger partial charge in [-0.15, -0.1) is 0 Å². The number of aliphatic hydroxyl groups is 1. The van der Waals surface area contributed by atoms with E-state index in [-0.39, 0.29) is 5.54 Å². The third-order valence-electron chi connectivity index (χ3n) is 4.44. The van der Waals surface area contributed by atoms with Gasteiger partial charge in [-0.3, -0.25) is 4.90 Å². The van der Waals surface area contributed by atoms with Crippen molar-refractivity contribution in [1.82, 2.24) is 4.90 Å². The van der Waals surface area contributed by atoms with E-state index in [4.69, 9.17) is 16.3 Å². The van der Waals surface area contributed by atoms with Crippen molar-refractivity contribution in [3.63, 3.8) is 0 Å². The fraction of sp³-hybridized carbons (Fsp3) is 0.647. The van der Waals surface area contributed by atoms with Gasteiger partial charge in [0.2, 0.25) is 0 Å². The van der Waals surface area contributed by atoms with Crippen molar-refractivity contribution in [2.75, 3.05) is 20.2 Å². The Kier molecular flexibility index (Phi) is 4.57. The minimum Gasteiger partial charge on any atom is -0.496 e. The summed E-state index contributed by atoms with van der Waals surface area (Å²) in [6.07, 6.45) is -0.587. The standard InChI is InChI=1S/C17H26ClNO2/c1-10-14(18)7-13(11(2)20)16(21-6)15(10)12-8-19(9-12)17(3,4)5/h7,11-12,20H,8-9H2,1-6H3. The second kappa shape index (κ2) is 5.79. The highest BCUT2D eigenvalue weighted by atomic mass is 35.5. The molecule has 1 aliphatic rings. The van der Waals surface area contributed by atoms with Crippen molar-refractivity contribution in [3.8, 4) is 5.75 Å². The van der Waals surface area contributed by atoms with Crippen LogP contribution in [0.1, 0.15) is 56.4 Å². The van der Waals surface area contributed by atoms with Gasteiger partial charge in [-0.1, -0.05) is 11.6 Å². The zero-order valence-electron chi connectivity index (χ0n) is 13.8. The monoisotopic (exact) mass is 311 g/mol. The molecular formula is C17H26ClNO2. The Morgan fingerprint density at radius 3 is 2.38 bits per heavy atom. The van der Waals surface area contributed by atoms with Crippen LogP contribution in [0.3, 0.4) is 0 Å². The van der Waals surface area contributed by atoms with E-state index in [0.29, 0.717) is 10.9 Å². The van der Waals surface area contributed by atoms with Gasteiger partial charge in [0.25, 0.3) is 0 Å². The first-order valence-corrected chi connectivity index (χ1v) is 7.84. The summed E-state index contributed by atoms with van der Waals surface area (Å²) in [6.45, 7) is 12.5. The van der Waals surface area contributed by atoms with Crippen LogP contribution in [0.25, 0.3) is 0 Å². The first-order valence-electron chi connectivity index (χ1n) is 7.46. The molecule has 1 aromatic carbocycles. The van der Waals surface area contributed by atoms with Gasteiger partial charge in [-0.25, -0.2) is 0 Å². The molecule has 1 unspecified atom stereocenters. The molecule has 0 saturated carbocycles. The van der Waals surface area contributed by atoms with E-state index in [0.717, 1.165) is 35.5 Å². The molecule has 0 radical (unpaired) electrons. The lowest BCUT2D eigenvalue weighted by Crippen LogP contribution is -2.54. The predicted octanol–water partition coefficient (Wildman–Crippen LogP) is 3.91. The van der Waals surface area contributed by atoms with Crippen LogP contribution in [0, 0.1) is 6.92 Å². The lowest BCUT2D eigenvalue weighted by atomic mass is 9.83. The fourth-order valence-corrected chi connectivity index (χ4v) is 3.22. The molecule has 2 rings (SSSR count). The van der Waals surface area contributed by atoms with Gasteiger partial charge in [0.05, 0.1) is 13.2 Å². The van der Waals surface area contributed by atoms with E-state index in [1.54, 1.807) is 14.0 Å².